The Morgan fingerprint density at radius 1 is 1.19 bits per heavy atom. The van der Waals surface area contributed by atoms with Crippen molar-refractivity contribution in [3.8, 4) is 0 Å². The lowest BCUT2D eigenvalue weighted by Gasteiger charge is -2.30. The highest BCUT2D eigenvalue weighted by Crippen LogP contribution is 2.24. The molecule has 0 spiro atoms. The number of nitrogens with one attached hydrogen (secondary N) is 1. The number of nitrogens with zero attached hydrogens (tertiary/aromatic N) is 1. The quantitative estimate of drug-likeness (QED) is 0.898. The summed E-state index contributed by atoms with van der Waals surface area (Å²) in [6.45, 7) is 5.99. The smallest absolute Gasteiger partial charge is 0.0622 e. The molecule has 21 heavy (non-hydrogen) atoms. The number of benzene rings is 1. The minimum absolute atomic E-state index is 0.517. The van der Waals surface area contributed by atoms with E-state index in [0.717, 1.165) is 51.7 Å². The van der Waals surface area contributed by atoms with Crippen LogP contribution in [0.1, 0.15) is 18.4 Å². The normalized spacial score (nSPS) is 25.9. The Bertz CT molecular complexity index is 451. The highest BCUT2D eigenvalue weighted by atomic mass is 35.5. The van der Waals surface area contributed by atoms with Gasteiger partial charge in [0.15, 0.2) is 0 Å². The summed E-state index contributed by atoms with van der Waals surface area (Å²) in [7, 11) is 0. The van der Waals surface area contributed by atoms with Crippen LogP contribution in [0, 0.1) is 5.92 Å². The van der Waals surface area contributed by atoms with Crippen LogP contribution in [0.4, 0.5) is 0 Å². The van der Waals surface area contributed by atoms with E-state index in [1.54, 1.807) is 6.07 Å². The Balaban J connectivity index is 1.70. The molecule has 1 aromatic carbocycles. The first-order valence-electron chi connectivity index (χ1n) is 7.68. The average molecular weight is 329 g/mol. The zero-order chi connectivity index (χ0) is 14.7. The van der Waals surface area contributed by atoms with Gasteiger partial charge in [-0.15, -0.1) is 0 Å². The van der Waals surface area contributed by atoms with Crippen molar-refractivity contribution in [1.29, 1.82) is 0 Å². The summed E-state index contributed by atoms with van der Waals surface area (Å²) in [5.41, 5.74) is 1.19. The van der Waals surface area contributed by atoms with Crippen LogP contribution in [0.5, 0.6) is 0 Å². The molecule has 0 aromatic heterocycles. The molecule has 0 radical (unpaired) electrons. The molecule has 1 aromatic rings. The number of rotatable bonds is 5. The molecular weight excluding hydrogens is 307 g/mol. The molecule has 0 saturated carbocycles. The Morgan fingerprint density at radius 2 is 2.00 bits per heavy atom. The van der Waals surface area contributed by atoms with Crippen LogP contribution in [0.15, 0.2) is 18.2 Å². The topological polar surface area (TPSA) is 24.5 Å². The van der Waals surface area contributed by atoms with Gasteiger partial charge in [-0.3, -0.25) is 4.90 Å². The van der Waals surface area contributed by atoms with Gasteiger partial charge in [0.05, 0.1) is 6.61 Å². The summed E-state index contributed by atoms with van der Waals surface area (Å²) >= 11 is 12.3. The van der Waals surface area contributed by atoms with Crippen LogP contribution in [-0.4, -0.2) is 43.8 Å². The van der Waals surface area contributed by atoms with Crippen molar-refractivity contribution in [3.05, 3.63) is 33.8 Å². The Labute approximate surface area is 136 Å². The van der Waals surface area contributed by atoms with E-state index in [9.17, 15) is 0 Å². The largest absolute Gasteiger partial charge is 0.380 e. The van der Waals surface area contributed by atoms with Crippen molar-refractivity contribution in [2.75, 3.05) is 32.8 Å². The van der Waals surface area contributed by atoms with Crippen molar-refractivity contribution in [3.63, 3.8) is 0 Å². The molecule has 116 valence electrons. The minimum Gasteiger partial charge on any atom is -0.380 e. The van der Waals surface area contributed by atoms with E-state index >= 15 is 0 Å². The van der Waals surface area contributed by atoms with Gasteiger partial charge in [-0.1, -0.05) is 23.2 Å². The van der Waals surface area contributed by atoms with Gasteiger partial charge in [0.25, 0.3) is 0 Å². The second-order valence-corrected chi connectivity index (χ2v) is 6.96. The van der Waals surface area contributed by atoms with E-state index in [1.165, 1.54) is 12.0 Å². The van der Waals surface area contributed by atoms with E-state index in [0.29, 0.717) is 16.1 Å². The lowest BCUT2D eigenvalue weighted by Crippen LogP contribution is -2.39. The summed E-state index contributed by atoms with van der Waals surface area (Å²) in [5.74, 6) is 0.736. The fourth-order valence-electron chi connectivity index (χ4n) is 3.29. The SMILES string of the molecule is Clc1cc(Cl)cc(CN(C[C@H]2CCNC2)C2CCOC2)c1. The molecule has 1 unspecified atom stereocenters. The number of hydrogen-bond acceptors (Lipinski definition) is 3. The third-order valence-corrected chi connectivity index (χ3v) is 4.82. The molecule has 2 aliphatic rings. The molecule has 2 saturated heterocycles. The predicted octanol–water partition coefficient (Wildman–Crippen LogP) is 3.19. The monoisotopic (exact) mass is 328 g/mol. The van der Waals surface area contributed by atoms with E-state index in [2.05, 4.69) is 10.2 Å². The third kappa shape index (κ3) is 4.33. The zero-order valence-corrected chi connectivity index (χ0v) is 13.7. The molecule has 5 heteroatoms. The zero-order valence-electron chi connectivity index (χ0n) is 12.2. The van der Waals surface area contributed by atoms with Crippen LogP contribution in [0.3, 0.4) is 0 Å². The summed E-state index contributed by atoms with van der Waals surface area (Å²) in [6, 6.07) is 6.34. The Kier molecular flexibility index (Phi) is 5.41. The van der Waals surface area contributed by atoms with Gasteiger partial charge in [0, 0.05) is 35.8 Å². The highest BCUT2D eigenvalue weighted by molar-refractivity contribution is 6.34. The van der Waals surface area contributed by atoms with Crippen LogP contribution < -0.4 is 5.32 Å². The lowest BCUT2D eigenvalue weighted by molar-refractivity contribution is 0.126. The summed E-state index contributed by atoms with van der Waals surface area (Å²) in [6.07, 6.45) is 2.38. The van der Waals surface area contributed by atoms with Crippen LogP contribution in [0.25, 0.3) is 0 Å². The molecule has 0 bridgehead atoms. The van der Waals surface area contributed by atoms with Gasteiger partial charge < -0.3 is 10.1 Å². The predicted molar refractivity (Wildman–Crippen MR) is 87.1 cm³/mol. The first-order chi connectivity index (χ1) is 10.2. The molecular formula is C16H22Cl2N2O. The van der Waals surface area contributed by atoms with E-state index < -0.39 is 0 Å². The van der Waals surface area contributed by atoms with Crippen LogP contribution in [0.2, 0.25) is 10.0 Å². The first-order valence-corrected chi connectivity index (χ1v) is 8.44. The molecule has 3 rings (SSSR count). The molecule has 2 atom stereocenters. The summed E-state index contributed by atoms with van der Waals surface area (Å²) in [5, 5.41) is 4.87. The maximum absolute atomic E-state index is 6.13. The molecule has 2 aliphatic heterocycles. The molecule has 2 fully saturated rings. The fourth-order valence-corrected chi connectivity index (χ4v) is 3.86. The van der Waals surface area contributed by atoms with E-state index in [-0.39, 0.29) is 0 Å². The van der Waals surface area contributed by atoms with Gasteiger partial charge >= 0.3 is 0 Å². The second-order valence-electron chi connectivity index (χ2n) is 6.08. The Hall–Kier alpha value is -0.320. The van der Waals surface area contributed by atoms with Gasteiger partial charge in [-0.25, -0.2) is 0 Å². The highest BCUT2D eigenvalue weighted by Gasteiger charge is 2.27. The van der Waals surface area contributed by atoms with Crippen molar-refractivity contribution in [2.45, 2.75) is 25.4 Å². The second kappa shape index (κ2) is 7.30. The molecule has 0 aliphatic carbocycles. The van der Waals surface area contributed by atoms with E-state index in [1.807, 2.05) is 12.1 Å². The lowest BCUT2D eigenvalue weighted by atomic mass is 10.1. The van der Waals surface area contributed by atoms with Crippen LogP contribution in [-0.2, 0) is 11.3 Å². The fraction of sp³-hybridized carbons (Fsp3) is 0.625. The molecule has 0 amide bonds. The number of hydrogen-bond donors (Lipinski definition) is 1. The molecule has 2 heterocycles. The molecule has 3 nitrogen and oxygen atoms in total. The average Bonchev–Trinajstić information content (AvgIpc) is 3.10. The van der Waals surface area contributed by atoms with Crippen molar-refractivity contribution < 1.29 is 4.74 Å². The summed E-state index contributed by atoms with van der Waals surface area (Å²) in [4.78, 5) is 2.55. The van der Waals surface area contributed by atoms with Crippen molar-refractivity contribution in [1.82, 2.24) is 10.2 Å². The molecule has 1 N–H and O–H groups in total. The van der Waals surface area contributed by atoms with E-state index in [4.69, 9.17) is 27.9 Å². The maximum atomic E-state index is 6.13. The van der Waals surface area contributed by atoms with Gasteiger partial charge in [0.1, 0.15) is 0 Å². The number of halogens is 2. The van der Waals surface area contributed by atoms with Gasteiger partial charge in [-0.2, -0.15) is 0 Å². The first kappa shape index (κ1) is 15.6. The minimum atomic E-state index is 0.517. The van der Waals surface area contributed by atoms with Crippen molar-refractivity contribution >= 4 is 23.2 Å². The Morgan fingerprint density at radius 3 is 2.62 bits per heavy atom. The summed E-state index contributed by atoms with van der Waals surface area (Å²) < 4.78 is 5.58. The van der Waals surface area contributed by atoms with Crippen LogP contribution >= 0.6 is 23.2 Å². The number of ether oxygens (including phenoxy) is 1. The van der Waals surface area contributed by atoms with Crippen molar-refractivity contribution in [2.24, 2.45) is 5.92 Å². The van der Waals surface area contributed by atoms with Gasteiger partial charge in [-0.05, 0) is 55.6 Å². The standard InChI is InChI=1S/C16H22Cl2N2O/c17-14-5-13(6-15(18)7-14)10-20(16-2-4-21-11-16)9-12-1-3-19-8-12/h5-7,12,16,19H,1-4,8-11H2/t12-,16?/m0/s1. The third-order valence-electron chi connectivity index (χ3n) is 4.39. The maximum Gasteiger partial charge on any atom is 0.0622 e. The van der Waals surface area contributed by atoms with Gasteiger partial charge in [0.2, 0.25) is 0 Å².